The molecule has 3 rings (SSSR count). The van der Waals surface area contributed by atoms with Gasteiger partial charge in [-0.15, -0.1) is 0 Å². The number of aromatic hydroxyl groups is 1. The van der Waals surface area contributed by atoms with Crippen LogP contribution in [0.3, 0.4) is 0 Å². The number of nitrogens with one attached hydrogen (secondary N) is 1. The molecule has 0 saturated carbocycles. The molecule has 0 amide bonds. The molecule has 106 valence electrons. The second-order valence-electron chi connectivity index (χ2n) is 4.49. The molecule has 6 heteroatoms. The van der Waals surface area contributed by atoms with Crippen LogP contribution in [0, 0.1) is 0 Å². The zero-order valence-electron chi connectivity index (χ0n) is 11.1. The molecule has 0 aliphatic rings. The van der Waals surface area contributed by atoms with E-state index >= 15 is 0 Å². The van der Waals surface area contributed by atoms with Gasteiger partial charge in [-0.2, -0.15) is 15.0 Å². The molecule has 0 spiro atoms. The van der Waals surface area contributed by atoms with Crippen molar-refractivity contribution in [3.63, 3.8) is 0 Å². The van der Waals surface area contributed by atoms with E-state index in [1.54, 1.807) is 23.3 Å². The van der Waals surface area contributed by atoms with Crippen molar-refractivity contribution in [2.45, 2.75) is 6.54 Å². The van der Waals surface area contributed by atoms with Crippen LogP contribution in [0.5, 0.6) is 5.75 Å². The van der Waals surface area contributed by atoms with Crippen molar-refractivity contribution >= 4 is 21.6 Å². The Kier molecular flexibility index (Phi) is 3.87. The summed E-state index contributed by atoms with van der Waals surface area (Å²) in [5, 5.41) is 21.2. The van der Waals surface area contributed by atoms with Crippen molar-refractivity contribution in [2.24, 2.45) is 0 Å². The van der Waals surface area contributed by atoms with Crippen LogP contribution in [-0.2, 0) is 6.54 Å². The largest absolute Gasteiger partial charge is 0.508 e. The lowest BCUT2D eigenvalue weighted by molar-refractivity contribution is 0.469. The van der Waals surface area contributed by atoms with E-state index in [2.05, 4.69) is 31.4 Å². The zero-order chi connectivity index (χ0) is 14.7. The normalized spacial score (nSPS) is 10.5. The van der Waals surface area contributed by atoms with Gasteiger partial charge >= 0.3 is 0 Å². The van der Waals surface area contributed by atoms with E-state index in [1.165, 1.54) is 0 Å². The summed E-state index contributed by atoms with van der Waals surface area (Å²) in [5.41, 5.74) is 2.70. The number of phenolic OH excluding ortho intramolecular Hbond substituents is 1. The lowest BCUT2D eigenvalue weighted by atomic mass is 10.2. The van der Waals surface area contributed by atoms with Crippen LogP contribution in [0.15, 0.2) is 59.3 Å². The fourth-order valence-electron chi connectivity index (χ4n) is 1.95. The Morgan fingerprint density at radius 3 is 2.48 bits per heavy atom. The molecule has 0 radical (unpaired) electrons. The third kappa shape index (κ3) is 3.22. The molecular formula is C15H13BrN4O. The maximum atomic E-state index is 9.80. The van der Waals surface area contributed by atoms with Gasteiger partial charge in [0.2, 0.25) is 0 Å². The van der Waals surface area contributed by atoms with E-state index in [1.807, 2.05) is 36.4 Å². The topological polar surface area (TPSA) is 63.0 Å². The van der Waals surface area contributed by atoms with Crippen LogP contribution in [0.4, 0.5) is 5.69 Å². The first kappa shape index (κ1) is 13.6. The minimum atomic E-state index is 0.281. The van der Waals surface area contributed by atoms with Crippen molar-refractivity contribution in [2.75, 3.05) is 5.32 Å². The lowest BCUT2D eigenvalue weighted by Crippen LogP contribution is -2.01. The van der Waals surface area contributed by atoms with E-state index in [9.17, 15) is 5.11 Å². The third-order valence-corrected chi connectivity index (χ3v) is 3.53. The lowest BCUT2D eigenvalue weighted by Gasteiger charge is -2.09. The first-order chi connectivity index (χ1) is 10.2. The van der Waals surface area contributed by atoms with Crippen LogP contribution in [-0.4, -0.2) is 20.1 Å². The second-order valence-corrected chi connectivity index (χ2v) is 5.41. The fraction of sp³-hybridized carbons (Fsp3) is 0.0667. The van der Waals surface area contributed by atoms with Gasteiger partial charge in [0.15, 0.2) is 0 Å². The van der Waals surface area contributed by atoms with Crippen molar-refractivity contribution in [3.8, 4) is 11.4 Å². The van der Waals surface area contributed by atoms with Crippen molar-refractivity contribution < 1.29 is 5.11 Å². The quantitative estimate of drug-likeness (QED) is 0.761. The fourth-order valence-corrected chi connectivity index (χ4v) is 2.36. The molecule has 1 aromatic heterocycles. The maximum Gasteiger partial charge on any atom is 0.120 e. The summed E-state index contributed by atoms with van der Waals surface area (Å²) in [7, 11) is 0. The Bertz CT molecular complexity index is 726. The summed E-state index contributed by atoms with van der Waals surface area (Å²) < 4.78 is 0.942. The number of rotatable bonds is 4. The predicted octanol–water partition coefficient (Wildman–Crippen LogP) is 3.35. The molecule has 2 aromatic carbocycles. The molecule has 0 fully saturated rings. The number of anilines is 1. The molecule has 3 aromatic rings. The first-order valence-corrected chi connectivity index (χ1v) is 7.20. The molecule has 0 aliphatic heterocycles. The molecule has 1 heterocycles. The number of hydrogen-bond acceptors (Lipinski definition) is 4. The highest BCUT2D eigenvalue weighted by molar-refractivity contribution is 9.10. The molecular weight excluding hydrogens is 332 g/mol. The van der Waals surface area contributed by atoms with Gasteiger partial charge in [0.05, 0.1) is 18.1 Å². The van der Waals surface area contributed by atoms with Gasteiger partial charge < -0.3 is 10.4 Å². The summed E-state index contributed by atoms with van der Waals surface area (Å²) in [6.07, 6.45) is 3.28. The molecule has 0 aliphatic carbocycles. The Hall–Kier alpha value is -2.34. The SMILES string of the molecule is Oc1ccc(Br)cc1CNc1ccc(-n2nccn2)cc1. The maximum absolute atomic E-state index is 9.80. The monoisotopic (exact) mass is 344 g/mol. The van der Waals surface area contributed by atoms with Gasteiger partial charge in [0.25, 0.3) is 0 Å². The van der Waals surface area contributed by atoms with Gasteiger partial charge in [0.1, 0.15) is 5.75 Å². The third-order valence-electron chi connectivity index (χ3n) is 3.04. The van der Waals surface area contributed by atoms with Crippen molar-refractivity contribution in [1.82, 2.24) is 15.0 Å². The summed E-state index contributed by atoms with van der Waals surface area (Å²) in [4.78, 5) is 1.56. The molecule has 0 bridgehead atoms. The van der Waals surface area contributed by atoms with E-state index in [0.717, 1.165) is 21.4 Å². The first-order valence-electron chi connectivity index (χ1n) is 6.40. The van der Waals surface area contributed by atoms with E-state index in [-0.39, 0.29) is 5.75 Å². The number of aromatic nitrogens is 3. The van der Waals surface area contributed by atoms with E-state index < -0.39 is 0 Å². The number of nitrogens with zero attached hydrogens (tertiary/aromatic N) is 3. The smallest absolute Gasteiger partial charge is 0.120 e. The molecule has 5 nitrogen and oxygen atoms in total. The van der Waals surface area contributed by atoms with Gasteiger partial charge in [-0.3, -0.25) is 0 Å². The summed E-state index contributed by atoms with van der Waals surface area (Å²) in [5.74, 6) is 0.281. The molecule has 21 heavy (non-hydrogen) atoms. The zero-order valence-corrected chi connectivity index (χ0v) is 12.7. The number of hydrogen-bond donors (Lipinski definition) is 2. The van der Waals surface area contributed by atoms with E-state index in [0.29, 0.717) is 6.54 Å². The Labute approximate surface area is 130 Å². The summed E-state index contributed by atoms with van der Waals surface area (Å²) >= 11 is 3.40. The van der Waals surface area contributed by atoms with Gasteiger partial charge in [-0.1, -0.05) is 15.9 Å². The molecule has 0 unspecified atom stereocenters. The minimum Gasteiger partial charge on any atom is -0.508 e. The molecule has 0 saturated heterocycles. The summed E-state index contributed by atoms with van der Waals surface area (Å²) in [6, 6.07) is 13.1. The van der Waals surface area contributed by atoms with Crippen LogP contribution in [0.1, 0.15) is 5.56 Å². The highest BCUT2D eigenvalue weighted by Crippen LogP contribution is 2.23. The number of phenols is 1. The van der Waals surface area contributed by atoms with Crippen molar-refractivity contribution in [1.29, 1.82) is 0 Å². The van der Waals surface area contributed by atoms with Crippen LogP contribution >= 0.6 is 15.9 Å². The van der Waals surface area contributed by atoms with Crippen LogP contribution in [0.25, 0.3) is 5.69 Å². The van der Waals surface area contributed by atoms with Crippen LogP contribution in [0.2, 0.25) is 0 Å². The Morgan fingerprint density at radius 2 is 1.76 bits per heavy atom. The average molecular weight is 345 g/mol. The second kappa shape index (κ2) is 5.97. The predicted molar refractivity (Wildman–Crippen MR) is 84.5 cm³/mol. The summed E-state index contributed by atoms with van der Waals surface area (Å²) in [6.45, 7) is 0.546. The average Bonchev–Trinajstić information content (AvgIpc) is 3.03. The molecule has 2 N–H and O–H groups in total. The van der Waals surface area contributed by atoms with E-state index in [4.69, 9.17) is 0 Å². The number of halogens is 1. The Morgan fingerprint density at radius 1 is 1.05 bits per heavy atom. The van der Waals surface area contributed by atoms with Gasteiger partial charge in [0, 0.05) is 22.3 Å². The minimum absolute atomic E-state index is 0.281. The van der Waals surface area contributed by atoms with Crippen molar-refractivity contribution in [3.05, 3.63) is 64.9 Å². The van der Waals surface area contributed by atoms with Gasteiger partial charge in [-0.25, -0.2) is 0 Å². The number of benzene rings is 2. The van der Waals surface area contributed by atoms with Crippen LogP contribution < -0.4 is 5.32 Å². The highest BCUT2D eigenvalue weighted by Gasteiger charge is 2.02. The molecule has 0 atom stereocenters. The standard InChI is InChI=1S/C15H13BrN4O/c16-12-1-6-15(21)11(9-12)10-17-13-2-4-14(5-3-13)20-18-7-8-19-20/h1-9,17,21H,10H2. The van der Waals surface area contributed by atoms with Gasteiger partial charge in [-0.05, 0) is 42.5 Å². The Balaban J connectivity index is 1.70. The highest BCUT2D eigenvalue weighted by atomic mass is 79.9.